The lowest BCUT2D eigenvalue weighted by atomic mass is 10.0. The van der Waals surface area contributed by atoms with E-state index in [1.54, 1.807) is 0 Å². The highest BCUT2D eigenvalue weighted by Gasteiger charge is 2.12. The molecule has 0 amide bonds. The number of rotatable bonds is 31. The molecule has 2 N–H and O–H groups in total. The molecule has 0 unspecified atom stereocenters. The molecule has 0 fully saturated rings. The van der Waals surface area contributed by atoms with E-state index >= 15 is 0 Å². The molecule has 0 saturated heterocycles. The van der Waals surface area contributed by atoms with Crippen LogP contribution in [0.3, 0.4) is 0 Å². The van der Waals surface area contributed by atoms with Crippen LogP contribution in [0.1, 0.15) is 156 Å². The smallest absolute Gasteiger partial charge is 0.305 e. The molecule has 0 bridgehead atoms. The summed E-state index contributed by atoms with van der Waals surface area (Å²) in [4.78, 5) is 23.8. The SMILES string of the molecule is CCCCC/C=C\C=C/[C@@H](O)C/C=C\C/C=C/CCCC(=O)OC[C@H](O)COC(=O)CCCCCCCCCCCCC(C)C. The zero-order valence-corrected chi connectivity index (χ0v) is 29.1. The molecule has 0 aliphatic rings. The number of allylic oxidation sites excluding steroid dienone is 6. The molecule has 0 aromatic heterocycles. The largest absolute Gasteiger partial charge is 0.463 e. The van der Waals surface area contributed by atoms with Gasteiger partial charge in [-0.3, -0.25) is 9.59 Å². The Morgan fingerprint density at radius 1 is 0.622 bits per heavy atom. The van der Waals surface area contributed by atoms with Crippen LogP contribution in [-0.4, -0.2) is 47.6 Å². The van der Waals surface area contributed by atoms with Gasteiger partial charge in [-0.05, 0) is 50.9 Å². The number of ether oxygens (including phenoxy) is 2. The van der Waals surface area contributed by atoms with E-state index in [4.69, 9.17) is 9.47 Å². The Morgan fingerprint density at radius 3 is 1.80 bits per heavy atom. The molecule has 6 heteroatoms. The van der Waals surface area contributed by atoms with E-state index in [-0.39, 0.29) is 31.6 Å². The van der Waals surface area contributed by atoms with Gasteiger partial charge in [0.15, 0.2) is 0 Å². The number of hydrogen-bond donors (Lipinski definition) is 2. The quantitative estimate of drug-likeness (QED) is 0.0342. The minimum Gasteiger partial charge on any atom is -0.463 e. The van der Waals surface area contributed by atoms with Crippen molar-refractivity contribution in [3.8, 4) is 0 Å². The minimum atomic E-state index is -1.00. The second-order valence-electron chi connectivity index (χ2n) is 12.7. The highest BCUT2D eigenvalue weighted by Crippen LogP contribution is 2.14. The van der Waals surface area contributed by atoms with Gasteiger partial charge in [-0.25, -0.2) is 0 Å². The number of hydrogen-bond acceptors (Lipinski definition) is 6. The van der Waals surface area contributed by atoms with Gasteiger partial charge in [-0.1, -0.05) is 146 Å². The summed E-state index contributed by atoms with van der Waals surface area (Å²) < 4.78 is 10.2. The maximum Gasteiger partial charge on any atom is 0.305 e. The van der Waals surface area contributed by atoms with Crippen molar-refractivity contribution in [1.82, 2.24) is 0 Å². The molecular weight excluding hydrogens is 564 g/mol. The Balaban J connectivity index is 3.63. The molecule has 0 aromatic rings. The first-order chi connectivity index (χ1) is 21.8. The lowest BCUT2D eigenvalue weighted by Gasteiger charge is -2.12. The zero-order chi connectivity index (χ0) is 33.2. The van der Waals surface area contributed by atoms with Crippen LogP contribution in [0.4, 0.5) is 0 Å². The third-order valence-electron chi connectivity index (χ3n) is 7.58. The lowest BCUT2D eigenvalue weighted by Crippen LogP contribution is -2.25. The van der Waals surface area contributed by atoms with E-state index in [1.165, 1.54) is 70.6 Å². The average molecular weight is 633 g/mol. The van der Waals surface area contributed by atoms with Gasteiger partial charge in [-0.2, -0.15) is 0 Å². The van der Waals surface area contributed by atoms with Gasteiger partial charge in [0.1, 0.15) is 19.3 Å². The molecule has 6 nitrogen and oxygen atoms in total. The van der Waals surface area contributed by atoms with Gasteiger partial charge < -0.3 is 19.7 Å². The molecule has 0 heterocycles. The summed E-state index contributed by atoms with van der Waals surface area (Å²) in [6.45, 7) is 6.46. The van der Waals surface area contributed by atoms with Gasteiger partial charge in [0, 0.05) is 12.8 Å². The fourth-order valence-corrected chi connectivity index (χ4v) is 4.75. The van der Waals surface area contributed by atoms with Crippen LogP contribution >= 0.6 is 0 Å². The fraction of sp³-hybridized carbons (Fsp3) is 0.744. The molecule has 0 saturated carbocycles. The van der Waals surface area contributed by atoms with E-state index in [0.29, 0.717) is 19.3 Å². The molecule has 0 aromatic carbocycles. The predicted octanol–water partition coefficient (Wildman–Crippen LogP) is 9.89. The van der Waals surface area contributed by atoms with E-state index < -0.39 is 12.2 Å². The highest BCUT2D eigenvalue weighted by atomic mass is 16.6. The molecule has 45 heavy (non-hydrogen) atoms. The van der Waals surface area contributed by atoms with Crippen LogP contribution in [0.2, 0.25) is 0 Å². The third-order valence-corrected chi connectivity index (χ3v) is 7.58. The van der Waals surface area contributed by atoms with Crippen LogP contribution in [0.15, 0.2) is 48.6 Å². The van der Waals surface area contributed by atoms with Gasteiger partial charge >= 0.3 is 11.9 Å². The van der Waals surface area contributed by atoms with Crippen LogP contribution in [0.5, 0.6) is 0 Å². The summed E-state index contributed by atoms with van der Waals surface area (Å²) in [5, 5.41) is 19.9. The van der Waals surface area contributed by atoms with Crippen LogP contribution < -0.4 is 0 Å². The maximum atomic E-state index is 11.9. The van der Waals surface area contributed by atoms with Crippen molar-refractivity contribution >= 4 is 11.9 Å². The molecule has 0 rings (SSSR count). The van der Waals surface area contributed by atoms with Gasteiger partial charge in [0.05, 0.1) is 6.10 Å². The number of aliphatic hydroxyl groups excluding tert-OH is 2. The molecule has 260 valence electrons. The second-order valence-corrected chi connectivity index (χ2v) is 12.7. The zero-order valence-electron chi connectivity index (χ0n) is 29.1. The van der Waals surface area contributed by atoms with Crippen LogP contribution in [0.25, 0.3) is 0 Å². The number of unbranched alkanes of at least 4 members (excludes halogenated alkanes) is 13. The van der Waals surface area contributed by atoms with Crippen molar-refractivity contribution < 1.29 is 29.3 Å². The van der Waals surface area contributed by atoms with Crippen molar-refractivity contribution in [2.75, 3.05) is 13.2 Å². The van der Waals surface area contributed by atoms with Crippen molar-refractivity contribution in [3.05, 3.63) is 48.6 Å². The van der Waals surface area contributed by atoms with Gasteiger partial charge in [0.25, 0.3) is 0 Å². The summed E-state index contributed by atoms with van der Waals surface area (Å²) in [6.07, 6.45) is 36.2. The first-order valence-electron chi connectivity index (χ1n) is 18.2. The topological polar surface area (TPSA) is 93.1 Å². The number of aliphatic hydroxyl groups is 2. The number of carbonyl (C=O) groups excluding carboxylic acids is 2. The summed E-state index contributed by atoms with van der Waals surface area (Å²) in [7, 11) is 0. The summed E-state index contributed by atoms with van der Waals surface area (Å²) >= 11 is 0. The van der Waals surface area contributed by atoms with E-state index in [1.807, 2.05) is 42.5 Å². The molecule has 2 atom stereocenters. The molecule has 0 spiro atoms. The predicted molar refractivity (Wildman–Crippen MR) is 188 cm³/mol. The lowest BCUT2D eigenvalue weighted by molar-refractivity contribution is -0.152. The van der Waals surface area contributed by atoms with Crippen molar-refractivity contribution in [2.24, 2.45) is 5.92 Å². The Hall–Kier alpha value is -2.18. The van der Waals surface area contributed by atoms with Crippen LogP contribution in [0, 0.1) is 5.92 Å². The standard InChI is InChI=1S/C39H68O6/c1-4-5-6-7-13-19-24-29-36(40)30-25-20-15-12-17-22-27-32-39(43)45-34-37(41)33-44-38(42)31-26-21-16-11-9-8-10-14-18-23-28-35(2)3/h12-13,17,19-20,24-25,29,35-37,40-41H,4-11,14-16,18,21-23,26-28,30-34H2,1-3H3/b17-12+,19-13-,25-20-,29-24-/t36-,37-/m1/s1. The maximum absolute atomic E-state index is 11.9. The highest BCUT2D eigenvalue weighted by molar-refractivity contribution is 5.69. The van der Waals surface area contributed by atoms with Crippen molar-refractivity contribution in [3.63, 3.8) is 0 Å². The molecule has 0 radical (unpaired) electrons. The minimum absolute atomic E-state index is 0.150. The number of esters is 2. The van der Waals surface area contributed by atoms with Crippen molar-refractivity contribution in [2.45, 2.75) is 168 Å². The third kappa shape index (κ3) is 34.5. The Labute approximate surface area is 276 Å². The van der Waals surface area contributed by atoms with E-state index in [2.05, 4.69) is 26.8 Å². The number of carbonyl (C=O) groups is 2. The Morgan fingerprint density at radius 2 is 1.18 bits per heavy atom. The normalized spacial score (nSPS) is 13.6. The summed E-state index contributed by atoms with van der Waals surface area (Å²) in [5.74, 6) is 0.148. The summed E-state index contributed by atoms with van der Waals surface area (Å²) in [5.41, 5.74) is 0. The second kappa shape index (κ2) is 33.2. The molecular formula is C39H68O6. The van der Waals surface area contributed by atoms with Gasteiger partial charge in [-0.15, -0.1) is 0 Å². The first-order valence-corrected chi connectivity index (χ1v) is 18.2. The van der Waals surface area contributed by atoms with E-state index in [0.717, 1.165) is 44.4 Å². The molecule has 0 aliphatic heterocycles. The average Bonchev–Trinajstić information content (AvgIpc) is 3.01. The van der Waals surface area contributed by atoms with Crippen LogP contribution in [-0.2, 0) is 19.1 Å². The molecule has 0 aliphatic carbocycles. The van der Waals surface area contributed by atoms with E-state index in [9.17, 15) is 19.8 Å². The Kier molecular flexibility index (Phi) is 31.6. The van der Waals surface area contributed by atoms with Gasteiger partial charge in [0.2, 0.25) is 0 Å². The van der Waals surface area contributed by atoms with Crippen molar-refractivity contribution in [1.29, 1.82) is 0 Å². The fourth-order valence-electron chi connectivity index (χ4n) is 4.75. The first kappa shape index (κ1) is 42.8. The Bertz CT molecular complexity index is 797. The summed E-state index contributed by atoms with van der Waals surface area (Å²) in [6, 6.07) is 0. The monoisotopic (exact) mass is 633 g/mol.